The van der Waals surface area contributed by atoms with E-state index in [1.165, 1.54) is 11.5 Å². The van der Waals surface area contributed by atoms with Crippen molar-refractivity contribution in [3.63, 3.8) is 0 Å². The van der Waals surface area contributed by atoms with Gasteiger partial charge in [0.1, 0.15) is 0 Å². The number of carbonyl (C=O) groups excluding carboxylic acids is 2. The molecule has 164 valence electrons. The number of imidazole rings is 1. The van der Waals surface area contributed by atoms with Crippen molar-refractivity contribution in [2.45, 2.75) is 13.5 Å². The van der Waals surface area contributed by atoms with Crippen LogP contribution in [0.1, 0.15) is 17.4 Å². The second-order valence-electron chi connectivity index (χ2n) is 7.60. The average Bonchev–Trinajstić information content (AvgIpc) is 3.08. The monoisotopic (exact) mass is 427 g/mol. The first-order chi connectivity index (χ1) is 14.9. The number of nitrogens with zero attached hydrogens (tertiary/aromatic N) is 5. The van der Waals surface area contributed by atoms with Gasteiger partial charge < -0.3 is 18.9 Å². The lowest BCUT2D eigenvalue weighted by atomic mass is 10.3. The zero-order chi connectivity index (χ0) is 22.1. The van der Waals surface area contributed by atoms with Crippen molar-refractivity contribution >= 4 is 28.7 Å². The molecule has 0 atom stereocenters. The van der Waals surface area contributed by atoms with E-state index in [2.05, 4.69) is 21.8 Å². The third kappa shape index (κ3) is 3.91. The number of rotatable bonds is 5. The minimum Gasteiger partial charge on any atom is -0.464 e. The van der Waals surface area contributed by atoms with Crippen LogP contribution in [-0.2, 0) is 16.1 Å². The lowest BCUT2D eigenvalue weighted by Gasteiger charge is -2.32. The van der Waals surface area contributed by atoms with Crippen LogP contribution in [0.5, 0.6) is 5.75 Å². The number of carbonyl (C=O) groups is 2. The lowest BCUT2D eigenvalue weighted by Crippen LogP contribution is -2.45. The van der Waals surface area contributed by atoms with Crippen molar-refractivity contribution in [2.75, 3.05) is 46.9 Å². The normalized spacial score (nSPS) is 15.5. The summed E-state index contributed by atoms with van der Waals surface area (Å²) in [5, 5.41) is 0. The van der Waals surface area contributed by atoms with Gasteiger partial charge in [0, 0.05) is 46.2 Å². The fourth-order valence-electron chi connectivity index (χ4n) is 3.89. The number of benzene rings is 1. The van der Waals surface area contributed by atoms with Crippen LogP contribution < -0.4 is 10.3 Å². The smallest absolute Gasteiger partial charge is 0.360 e. The van der Waals surface area contributed by atoms with Gasteiger partial charge in [0.25, 0.3) is 0 Å². The van der Waals surface area contributed by atoms with Crippen LogP contribution in [0.15, 0.2) is 29.1 Å². The van der Waals surface area contributed by atoms with Gasteiger partial charge in [-0.2, -0.15) is 0 Å². The average molecular weight is 427 g/mol. The summed E-state index contributed by atoms with van der Waals surface area (Å²) in [7, 11) is 3.29. The molecule has 0 spiro atoms. The molecular weight excluding hydrogens is 402 g/mol. The second kappa shape index (κ2) is 8.48. The lowest BCUT2D eigenvalue weighted by molar-refractivity contribution is -0.132. The first-order valence-corrected chi connectivity index (χ1v) is 10.1. The van der Waals surface area contributed by atoms with Crippen LogP contribution in [0.3, 0.4) is 0 Å². The van der Waals surface area contributed by atoms with Crippen molar-refractivity contribution in [2.24, 2.45) is 0 Å². The van der Waals surface area contributed by atoms with Gasteiger partial charge >= 0.3 is 17.5 Å². The highest BCUT2D eigenvalue weighted by atomic mass is 16.5. The molecule has 0 saturated carbocycles. The van der Waals surface area contributed by atoms with Crippen LogP contribution >= 0.6 is 0 Å². The molecule has 0 amide bonds. The number of para-hydroxylation sites is 2. The zero-order valence-corrected chi connectivity index (χ0v) is 17.8. The molecule has 10 heteroatoms. The van der Waals surface area contributed by atoms with E-state index in [4.69, 9.17) is 9.47 Å². The Balaban J connectivity index is 1.86. The number of likely N-dealkylation sites (N-methyl/N-ethyl adjacent to an activating group) is 1. The standard InChI is InChI=1S/C21H25N5O5/c1-14(27)31-18-17(20(29)30-3)22-21-25(13-12-24-10-8-23(2)9-11-24)15-6-4-5-7-16(15)26(21)19(18)28/h4-7H,8-13H2,1-3H3. The number of hydrogen-bond donors (Lipinski definition) is 0. The highest BCUT2D eigenvalue weighted by Crippen LogP contribution is 2.22. The molecule has 3 heterocycles. The number of esters is 2. The predicted octanol–water partition coefficient (Wildman–Crippen LogP) is 0.608. The molecular formula is C21H25N5O5. The van der Waals surface area contributed by atoms with Crippen LogP contribution in [-0.4, -0.2) is 82.6 Å². The summed E-state index contributed by atoms with van der Waals surface area (Å²) >= 11 is 0. The van der Waals surface area contributed by atoms with Crippen LogP contribution in [0.2, 0.25) is 0 Å². The molecule has 1 aliphatic rings. The highest BCUT2D eigenvalue weighted by molar-refractivity contribution is 5.92. The summed E-state index contributed by atoms with van der Waals surface area (Å²) in [6.07, 6.45) is 0. The molecule has 1 fully saturated rings. The van der Waals surface area contributed by atoms with E-state index in [1.54, 1.807) is 6.07 Å². The SMILES string of the molecule is COC(=O)c1nc2n(CCN3CCN(C)CC3)c3ccccc3n2c(=O)c1OC(C)=O. The Hall–Kier alpha value is -3.24. The van der Waals surface area contributed by atoms with Crippen molar-refractivity contribution in [3.8, 4) is 5.75 Å². The first-order valence-electron chi connectivity index (χ1n) is 10.1. The molecule has 2 aromatic heterocycles. The van der Waals surface area contributed by atoms with Gasteiger partial charge in [-0.1, -0.05) is 12.1 Å². The summed E-state index contributed by atoms with van der Waals surface area (Å²) in [5.41, 5.74) is 0.483. The third-order valence-electron chi connectivity index (χ3n) is 5.54. The van der Waals surface area contributed by atoms with Gasteiger partial charge in [-0.3, -0.25) is 14.5 Å². The molecule has 1 saturated heterocycles. The molecule has 4 rings (SSSR count). The van der Waals surface area contributed by atoms with E-state index in [0.717, 1.165) is 45.2 Å². The Bertz CT molecular complexity index is 1210. The van der Waals surface area contributed by atoms with Crippen molar-refractivity contribution < 1.29 is 19.1 Å². The second-order valence-corrected chi connectivity index (χ2v) is 7.60. The van der Waals surface area contributed by atoms with Gasteiger partial charge in [0.15, 0.2) is 0 Å². The number of methoxy groups -OCH3 is 1. The quantitative estimate of drug-likeness (QED) is 0.546. The zero-order valence-electron chi connectivity index (χ0n) is 17.8. The van der Waals surface area contributed by atoms with E-state index >= 15 is 0 Å². The molecule has 1 aliphatic heterocycles. The molecule has 0 bridgehead atoms. The minimum absolute atomic E-state index is 0.302. The largest absolute Gasteiger partial charge is 0.464 e. The van der Waals surface area contributed by atoms with Crippen molar-refractivity contribution in [1.82, 2.24) is 23.8 Å². The Morgan fingerprint density at radius 1 is 1.06 bits per heavy atom. The molecule has 0 unspecified atom stereocenters. The molecule has 31 heavy (non-hydrogen) atoms. The first kappa shape index (κ1) is 21.0. The number of ether oxygens (including phenoxy) is 2. The molecule has 0 aliphatic carbocycles. The Morgan fingerprint density at radius 2 is 1.74 bits per heavy atom. The van der Waals surface area contributed by atoms with E-state index in [1.807, 2.05) is 22.8 Å². The maximum Gasteiger partial charge on any atom is 0.360 e. The highest BCUT2D eigenvalue weighted by Gasteiger charge is 2.26. The van der Waals surface area contributed by atoms with Crippen LogP contribution in [0.4, 0.5) is 0 Å². The maximum absolute atomic E-state index is 13.3. The van der Waals surface area contributed by atoms with E-state index in [9.17, 15) is 14.4 Å². The molecule has 3 aromatic rings. The number of aromatic nitrogens is 3. The Morgan fingerprint density at radius 3 is 2.39 bits per heavy atom. The van der Waals surface area contributed by atoms with Gasteiger partial charge in [-0.25, -0.2) is 14.2 Å². The van der Waals surface area contributed by atoms with Gasteiger partial charge in [-0.05, 0) is 19.2 Å². The summed E-state index contributed by atoms with van der Waals surface area (Å²) in [6.45, 7) is 6.45. The minimum atomic E-state index is -0.841. The van der Waals surface area contributed by atoms with Crippen LogP contribution in [0, 0.1) is 0 Å². The summed E-state index contributed by atoms with van der Waals surface area (Å²) in [6, 6.07) is 7.40. The van der Waals surface area contributed by atoms with E-state index in [0.29, 0.717) is 17.8 Å². The Kier molecular flexibility index (Phi) is 5.75. The molecule has 0 N–H and O–H groups in total. The van der Waals surface area contributed by atoms with Gasteiger partial charge in [0.2, 0.25) is 17.2 Å². The van der Waals surface area contributed by atoms with E-state index in [-0.39, 0.29) is 5.69 Å². The third-order valence-corrected chi connectivity index (χ3v) is 5.54. The molecule has 10 nitrogen and oxygen atoms in total. The van der Waals surface area contributed by atoms with Gasteiger partial charge in [0.05, 0.1) is 18.1 Å². The number of fused-ring (bicyclic) bond motifs is 3. The topological polar surface area (TPSA) is 98.4 Å². The van der Waals surface area contributed by atoms with Crippen molar-refractivity contribution in [3.05, 3.63) is 40.3 Å². The summed E-state index contributed by atoms with van der Waals surface area (Å²) in [5.74, 6) is -1.69. The fraction of sp³-hybridized carbons (Fsp3) is 0.429. The van der Waals surface area contributed by atoms with Gasteiger partial charge in [-0.15, -0.1) is 0 Å². The van der Waals surface area contributed by atoms with Crippen molar-refractivity contribution in [1.29, 1.82) is 0 Å². The Labute approximate surface area is 178 Å². The predicted molar refractivity (Wildman–Crippen MR) is 114 cm³/mol. The number of hydrogen-bond acceptors (Lipinski definition) is 8. The maximum atomic E-state index is 13.3. The summed E-state index contributed by atoms with van der Waals surface area (Å²) in [4.78, 5) is 46.2. The van der Waals surface area contributed by atoms with Crippen LogP contribution in [0.25, 0.3) is 16.8 Å². The molecule has 0 radical (unpaired) electrons. The van der Waals surface area contributed by atoms with E-state index < -0.39 is 23.2 Å². The molecule has 1 aromatic carbocycles. The fourth-order valence-corrected chi connectivity index (χ4v) is 3.89. The summed E-state index contributed by atoms with van der Waals surface area (Å²) < 4.78 is 13.1. The number of piperazine rings is 1.